The van der Waals surface area contributed by atoms with E-state index in [0.29, 0.717) is 10.2 Å². The Labute approximate surface area is 131 Å². The Morgan fingerprint density at radius 3 is 2.55 bits per heavy atom. The monoisotopic (exact) mass is 320 g/mol. The number of fused-ring (bicyclic) bond motifs is 1. The number of hydrogen-bond acceptors (Lipinski definition) is 5. The van der Waals surface area contributed by atoms with Crippen molar-refractivity contribution in [3.05, 3.63) is 22.2 Å². The molecule has 0 aliphatic rings. The van der Waals surface area contributed by atoms with Crippen LogP contribution >= 0.6 is 11.3 Å². The van der Waals surface area contributed by atoms with Crippen LogP contribution < -0.4 is 5.32 Å². The predicted octanol–water partition coefficient (Wildman–Crippen LogP) is 2.92. The van der Waals surface area contributed by atoms with Crippen LogP contribution in [0.3, 0.4) is 0 Å². The molecular weight excluding hydrogens is 304 g/mol. The van der Waals surface area contributed by atoms with E-state index in [4.69, 9.17) is 0 Å². The maximum absolute atomic E-state index is 11.9. The van der Waals surface area contributed by atoms with E-state index in [9.17, 15) is 19.5 Å². The van der Waals surface area contributed by atoms with E-state index >= 15 is 0 Å². The third kappa shape index (κ3) is 3.30. The van der Waals surface area contributed by atoms with Gasteiger partial charge < -0.3 is 15.2 Å². The van der Waals surface area contributed by atoms with E-state index in [1.54, 1.807) is 0 Å². The molecule has 2 heterocycles. The van der Waals surface area contributed by atoms with Crippen molar-refractivity contribution < 1.29 is 19.5 Å². The van der Waals surface area contributed by atoms with Crippen LogP contribution in [-0.4, -0.2) is 27.8 Å². The third-order valence-electron chi connectivity index (χ3n) is 3.15. The fraction of sp³-hybridized carbons (Fsp3) is 0.333. The highest BCUT2D eigenvalue weighted by atomic mass is 32.1. The molecule has 1 amide bonds. The molecule has 116 valence electrons. The highest BCUT2D eigenvalue weighted by Gasteiger charge is 2.22. The standard InChI is InChI=1S/C15H16N2O4S/c1-7-6-8(2)16-14-11(7)12(13(22-14)15(20)21)17-10(19)5-4-9(3)18/h6H,4-5H2,1-3H3,(H,17,19)(H,20,21). The molecule has 0 saturated heterocycles. The molecule has 22 heavy (non-hydrogen) atoms. The molecule has 0 fully saturated rings. The first-order chi connectivity index (χ1) is 10.3. The number of ketones is 1. The number of pyridine rings is 1. The molecule has 0 atom stereocenters. The van der Waals surface area contributed by atoms with Gasteiger partial charge in [0.25, 0.3) is 0 Å². The molecule has 6 nitrogen and oxygen atoms in total. The lowest BCUT2D eigenvalue weighted by molar-refractivity contribution is -0.121. The molecule has 0 aliphatic carbocycles. The summed E-state index contributed by atoms with van der Waals surface area (Å²) >= 11 is 1.03. The van der Waals surface area contributed by atoms with Crippen LogP contribution in [0.15, 0.2) is 6.07 Å². The van der Waals surface area contributed by atoms with E-state index < -0.39 is 5.97 Å². The Morgan fingerprint density at radius 2 is 1.95 bits per heavy atom. The Kier molecular flexibility index (Phi) is 4.56. The summed E-state index contributed by atoms with van der Waals surface area (Å²) in [7, 11) is 0. The van der Waals surface area contributed by atoms with E-state index in [1.165, 1.54) is 6.92 Å². The molecular formula is C15H16N2O4S. The van der Waals surface area contributed by atoms with Crippen LogP contribution in [0.5, 0.6) is 0 Å². The number of hydrogen-bond donors (Lipinski definition) is 2. The van der Waals surface area contributed by atoms with E-state index in [1.807, 2.05) is 19.9 Å². The molecule has 0 bridgehead atoms. The fourth-order valence-corrected chi connectivity index (χ4v) is 3.29. The molecule has 2 rings (SSSR count). The van der Waals surface area contributed by atoms with E-state index in [2.05, 4.69) is 10.3 Å². The zero-order valence-corrected chi connectivity index (χ0v) is 13.3. The van der Waals surface area contributed by atoms with Gasteiger partial charge in [-0.1, -0.05) is 0 Å². The molecule has 0 aromatic carbocycles. The SMILES string of the molecule is CC(=O)CCC(=O)Nc1c(C(=O)O)sc2nc(C)cc(C)c12. The Hall–Kier alpha value is -2.28. The number of thiophene rings is 1. The van der Waals surface area contributed by atoms with Crippen molar-refractivity contribution >= 4 is 44.9 Å². The zero-order chi connectivity index (χ0) is 16.4. The van der Waals surface area contributed by atoms with Crippen molar-refractivity contribution in [3.63, 3.8) is 0 Å². The number of Topliss-reactive ketones (excluding diaryl/α,β-unsaturated/α-hetero) is 1. The van der Waals surface area contributed by atoms with Crippen molar-refractivity contribution in [1.82, 2.24) is 4.98 Å². The summed E-state index contributed by atoms with van der Waals surface area (Å²) < 4.78 is 0. The molecule has 0 spiro atoms. The van der Waals surface area contributed by atoms with Crippen LogP contribution in [0, 0.1) is 13.8 Å². The number of anilines is 1. The number of nitrogens with zero attached hydrogens (tertiary/aromatic N) is 1. The van der Waals surface area contributed by atoms with Crippen LogP contribution in [-0.2, 0) is 9.59 Å². The zero-order valence-electron chi connectivity index (χ0n) is 12.5. The summed E-state index contributed by atoms with van der Waals surface area (Å²) in [5.41, 5.74) is 1.91. The molecule has 7 heteroatoms. The molecule has 2 aromatic heterocycles. The van der Waals surface area contributed by atoms with Crippen LogP contribution in [0.2, 0.25) is 0 Å². The van der Waals surface area contributed by atoms with Gasteiger partial charge in [-0.2, -0.15) is 0 Å². The Balaban J connectivity index is 2.46. The highest BCUT2D eigenvalue weighted by molar-refractivity contribution is 7.21. The molecule has 0 aliphatic heterocycles. The van der Waals surface area contributed by atoms with Gasteiger partial charge in [0.15, 0.2) is 0 Å². The van der Waals surface area contributed by atoms with Gasteiger partial charge in [-0.25, -0.2) is 9.78 Å². The number of rotatable bonds is 5. The molecule has 2 aromatic rings. The predicted molar refractivity (Wildman–Crippen MR) is 84.6 cm³/mol. The average Bonchev–Trinajstić information content (AvgIpc) is 2.75. The number of aromatic nitrogens is 1. The van der Waals surface area contributed by atoms with Crippen molar-refractivity contribution in [2.75, 3.05) is 5.32 Å². The van der Waals surface area contributed by atoms with E-state index in [-0.39, 0.29) is 35.1 Å². The quantitative estimate of drug-likeness (QED) is 0.883. The lowest BCUT2D eigenvalue weighted by Crippen LogP contribution is -2.14. The third-order valence-corrected chi connectivity index (χ3v) is 4.22. The largest absolute Gasteiger partial charge is 0.477 e. The summed E-state index contributed by atoms with van der Waals surface area (Å²) in [4.78, 5) is 39.3. The topological polar surface area (TPSA) is 96.4 Å². The highest BCUT2D eigenvalue weighted by Crippen LogP contribution is 2.37. The van der Waals surface area contributed by atoms with Gasteiger partial charge in [0, 0.05) is 23.9 Å². The second-order valence-corrected chi connectivity index (χ2v) is 6.12. The van der Waals surface area contributed by atoms with Crippen molar-refractivity contribution in [1.29, 1.82) is 0 Å². The van der Waals surface area contributed by atoms with Crippen LogP contribution in [0.4, 0.5) is 5.69 Å². The minimum atomic E-state index is -1.11. The van der Waals surface area contributed by atoms with Gasteiger partial charge in [-0.15, -0.1) is 11.3 Å². The summed E-state index contributed by atoms with van der Waals surface area (Å²) in [5.74, 6) is -1.57. The number of aryl methyl sites for hydroxylation is 2. The lowest BCUT2D eigenvalue weighted by atomic mass is 10.1. The van der Waals surface area contributed by atoms with Crippen LogP contribution in [0.1, 0.15) is 40.7 Å². The number of amides is 1. The summed E-state index contributed by atoms with van der Waals surface area (Å²) in [6.07, 6.45) is 0.163. The number of aromatic carboxylic acids is 1. The van der Waals surface area contributed by atoms with Gasteiger partial charge in [0.05, 0.1) is 5.69 Å². The maximum Gasteiger partial charge on any atom is 0.348 e. The first kappa shape index (κ1) is 16.1. The van der Waals surface area contributed by atoms with E-state index in [0.717, 1.165) is 22.6 Å². The Bertz CT molecular complexity index is 779. The number of nitrogens with one attached hydrogen (secondary N) is 1. The summed E-state index contributed by atoms with van der Waals surface area (Å²) in [5, 5.41) is 12.6. The smallest absolute Gasteiger partial charge is 0.348 e. The second kappa shape index (κ2) is 6.23. The second-order valence-electron chi connectivity index (χ2n) is 5.12. The maximum atomic E-state index is 11.9. The minimum absolute atomic E-state index is 0.0318. The first-order valence-corrected chi connectivity index (χ1v) is 7.54. The number of carbonyl (C=O) groups excluding carboxylic acids is 2. The van der Waals surface area contributed by atoms with Gasteiger partial charge in [-0.3, -0.25) is 4.79 Å². The van der Waals surface area contributed by atoms with Crippen molar-refractivity contribution in [2.45, 2.75) is 33.6 Å². The van der Waals surface area contributed by atoms with Gasteiger partial charge in [-0.05, 0) is 32.4 Å². The van der Waals surface area contributed by atoms with Crippen molar-refractivity contribution in [3.8, 4) is 0 Å². The average molecular weight is 320 g/mol. The first-order valence-electron chi connectivity index (χ1n) is 6.73. The van der Waals surface area contributed by atoms with Crippen LogP contribution in [0.25, 0.3) is 10.2 Å². The molecule has 0 saturated carbocycles. The number of carbonyl (C=O) groups is 3. The normalized spacial score (nSPS) is 10.7. The molecule has 2 N–H and O–H groups in total. The molecule has 0 unspecified atom stereocenters. The number of carboxylic acid groups (broad SMARTS) is 1. The minimum Gasteiger partial charge on any atom is -0.477 e. The fourth-order valence-electron chi connectivity index (χ4n) is 2.20. The van der Waals surface area contributed by atoms with Gasteiger partial charge in [0.2, 0.25) is 5.91 Å². The summed E-state index contributed by atoms with van der Waals surface area (Å²) in [6, 6.07) is 1.84. The van der Waals surface area contributed by atoms with Gasteiger partial charge >= 0.3 is 5.97 Å². The van der Waals surface area contributed by atoms with Crippen molar-refractivity contribution in [2.24, 2.45) is 0 Å². The number of carboxylic acids is 1. The van der Waals surface area contributed by atoms with Gasteiger partial charge in [0.1, 0.15) is 15.5 Å². The Morgan fingerprint density at radius 1 is 1.27 bits per heavy atom. The summed E-state index contributed by atoms with van der Waals surface area (Å²) in [6.45, 7) is 5.09. The molecule has 0 radical (unpaired) electrons. The lowest BCUT2D eigenvalue weighted by Gasteiger charge is -2.07.